The third-order valence-corrected chi connectivity index (χ3v) is 5.69. The maximum Gasteiger partial charge on any atom is 0.359 e. The molecule has 33 heavy (non-hydrogen) atoms. The van der Waals surface area contributed by atoms with Crippen LogP contribution in [0.25, 0.3) is 5.69 Å². The Labute approximate surface area is 190 Å². The van der Waals surface area contributed by atoms with Crippen LogP contribution in [0, 0.1) is 18.6 Å². The number of aromatic nitrogens is 2. The third kappa shape index (κ3) is 5.27. The lowest BCUT2D eigenvalue weighted by atomic mass is 10.1. The van der Waals surface area contributed by atoms with Crippen LogP contribution < -0.4 is 5.32 Å². The van der Waals surface area contributed by atoms with Crippen molar-refractivity contribution in [2.24, 2.45) is 0 Å². The van der Waals surface area contributed by atoms with E-state index in [2.05, 4.69) is 10.4 Å². The highest BCUT2D eigenvalue weighted by Crippen LogP contribution is 2.28. The van der Waals surface area contributed by atoms with Gasteiger partial charge in [0, 0.05) is 23.7 Å². The van der Waals surface area contributed by atoms with Gasteiger partial charge in [-0.2, -0.15) is 5.10 Å². The molecule has 1 amide bonds. The zero-order valence-corrected chi connectivity index (χ0v) is 18.4. The van der Waals surface area contributed by atoms with Crippen molar-refractivity contribution in [1.29, 1.82) is 0 Å². The Hall–Kier alpha value is -3.55. The summed E-state index contributed by atoms with van der Waals surface area (Å²) in [6, 6.07) is 11.5. The molecule has 0 atom stereocenters. The quantitative estimate of drug-likeness (QED) is 0.415. The number of benzene rings is 2. The lowest BCUT2D eigenvalue weighted by Gasteiger charge is -2.07. The van der Waals surface area contributed by atoms with Gasteiger partial charge in [-0.3, -0.25) is 4.79 Å². The molecule has 8 heteroatoms. The van der Waals surface area contributed by atoms with Crippen LogP contribution in [0.15, 0.2) is 42.5 Å². The van der Waals surface area contributed by atoms with Gasteiger partial charge in [-0.1, -0.05) is 29.8 Å². The van der Waals surface area contributed by atoms with E-state index in [0.29, 0.717) is 31.4 Å². The lowest BCUT2D eigenvalue weighted by molar-refractivity contribution is -0.121. The Bertz CT molecular complexity index is 1170. The summed E-state index contributed by atoms with van der Waals surface area (Å²) in [5.74, 6) is -2.63. The summed E-state index contributed by atoms with van der Waals surface area (Å²) < 4.78 is 33.8. The number of rotatable bonds is 8. The number of esters is 1. The van der Waals surface area contributed by atoms with Crippen molar-refractivity contribution in [3.05, 3.63) is 82.2 Å². The van der Waals surface area contributed by atoms with Gasteiger partial charge in [0.2, 0.25) is 5.91 Å². The molecule has 4 rings (SSSR count). The normalized spacial score (nSPS) is 12.5. The molecule has 0 saturated heterocycles. The van der Waals surface area contributed by atoms with E-state index >= 15 is 0 Å². The highest BCUT2D eigenvalue weighted by Gasteiger charge is 2.28. The Kier molecular flexibility index (Phi) is 6.82. The van der Waals surface area contributed by atoms with Crippen LogP contribution in [-0.2, 0) is 28.8 Å². The molecule has 172 valence electrons. The van der Waals surface area contributed by atoms with Crippen LogP contribution in [0.5, 0.6) is 0 Å². The first-order valence-corrected chi connectivity index (χ1v) is 11.0. The zero-order chi connectivity index (χ0) is 23.4. The molecule has 0 saturated carbocycles. The Balaban J connectivity index is 1.30. The summed E-state index contributed by atoms with van der Waals surface area (Å²) in [6.07, 6.45) is 3.18. The second-order valence-corrected chi connectivity index (χ2v) is 8.11. The minimum atomic E-state index is -0.975. The molecule has 0 aliphatic heterocycles. The zero-order valence-electron chi connectivity index (χ0n) is 18.4. The number of carbonyl (C=O) groups excluding carboxylic acids is 2. The first-order valence-electron chi connectivity index (χ1n) is 11.0. The fraction of sp³-hybridized carbons (Fsp3) is 0.320. The molecule has 1 aromatic heterocycles. The number of hydrogen-bond acceptors (Lipinski definition) is 4. The number of carbonyl (C=O) groups is 2. The second kappa shape index (κ2) is 9.94. The van der Waals surface area contributed by atoms with Crippen molar-refractivity contribution in [2.45, 2.75) is 39.0 Å². The Morgan fingerprint density at radius 3 is 2.64 bits per heavy atom. The number of aryl methyl sites for hydroxylation is 2. The van der Waals surface area contributed by atoms with Gasteiger partial charge in [0.1, 0.15) is 6.61 Å². The van der Waals surface area contributed by atoms with E-state index < -0.39 is 17.6 Å². The highest BCUT2D eigenvalue weighted by molar-refractivity contribution is 5.89. The van der Waals surface area contributed by atoms with Gasteiger partial charge in [0.05, 0.1) is 12.2 Å². The van der Waals surface area contributed by atoms with Crippen LogP contribution in [0.3, 0.4) is 0 Å². The second-order valence-electron chi connectivity index (χ2n) is 8.11. The number of fused-ring (bicyclic) bond motifs is 1. The van der Waals surface area contributed by atoms with Gasteiger partial charge in [-0.15, -0.1) is 0 Å². The number of halogens is 2. The van der Waals surface area contributed by atoms with E-state index in [1.54, 1.807) is 0 Å². The number of amides is 1. The van der Waals surface area contributed by atoms with Crippen LogP contribution in [0.1, 0.15) is 45.7 Å². The fourth-order valence-corrected chi connectivity index (χ4v) is 3.94. The van der Waals surface area contributed by atoms with Crippen LogP contribution in [0.2, 0.25) is 0 Å². The van der Waals surface area contributed by atoms with Gasteiger partial charge in [-0.05, 0) is 50.3 Å². The average molecular weight is 453 g/mol. The SMILES string of the molecule is Cc1ccc(CCC(=O)NCCOC(=O)c2nn(-c3ccc(F)c(F)c3)c3c2CCC3)cc1. The van der Waals surface area contributed by atoms with Crippen molar-refractivity contribution in [3.63, 3.8) is 0 Å². The van der Waals surface area contributed by atoms with E-state index in [9.17, 15) is 18.4 Å². The van der Waals surface area contributed by atoms with Crippen LogP contribution in [0.4, 0.5) is 8.78 Å². The van der Waals surface area contributed by atoms with E-state index in [0.717, 1.165) is 35.4 Å². The predicted molar refractivity (Wildman–Crippen MR) is 118 cm³/mol. The third-order valence-electron chi connectivity index (χ3n) is 5.69. The molecule has 0 unspecified atom stereocenters. The first kappa shape index (κ1) is 22.6. The summed E-state index contributed by atoms with van der Waals surface area (Å²) in [6.45, 7) is 2.23. The van der Waals surface area contributed by atoms with Crippen LogP contribution in [-0.4, -0.2) is 34.8 Å². The first-order chi connectivity index (χ1) is 15.9. The number of hydrogen-bond donors (Lipinski definition) is 1. The van der Waals surface area contributed by atoms with E-state index in [-0.39, 0.29) is 24.8 Å². The molecule has 3 aromatic rings. The van der Waals surface area contributed by atoms with Crippen molar-refractivity contribution < 1.29 is 23.1 Å². The molecule has 0 bridgehead atoms. The molecular formula is C25H25F2N3O3. The minimum Gasteiger partial charge on any atom is -0.459 e. The number of nitrogens with one attached hydrogen (secondary N) is 1. The standard InChI is InChI=1S/C25H25F2N3O3/c1-16-5-7-17(8-6-16)9-12-23(31)28-13-14-33-25(32)24-19-3-2-4-22(19)30(29-24)18-10-11-20(26)21(27)15-18/h5-8,10-11,15H,2-4,9,12-14H2,1H3,(H,28,31). The molecule has 6 nitrogen and oxygen atoms in total. The van der Waals surface area contributed by atoms with E-state index in [4.69, 9.17) is 4.74 Å². The summed E-state index contributed by atoms with van der Waals surface area (Å²) in [4.78, 5) is 24.6. The minimum absolute atomic E-state index is 0.0158. The van der Waals surface area contributed by atoms with Crippen molar-refractivity contribution in [1.82, 2.24) is 15.1 Å². The monoisotopic (exact) mass is 453 g/mol. The fourth-order valence-electron chi connectivity index (χ4n) is 3.94. The molecular weight excluding hydrogens is 428 g/mol. The molecule has 0 radical (unpaired) electrons. The average Bonchev–Trinajstić information content (AvgIpc) is 3.41. The Morgan fingerprint density at radius 1 is 1.09 bits per heavy atom. The molecule has 0 spiro atoms. The molecule has 0 fully saturated rings. The summed E-state index contributed by atoms with van der Waals surface area (Å²) in [7, 11) is 0. The van der Waals surface area contributed by atoms with Gasteiger partial charge in [0.25, 0.3) is 0 Å². The van der Waals surface area contributed by atoms with Crippen molar-refractivity contribution in [3.8, 4) is 5.69 Å². The van der Waals surface area contributed by atoms with E-state index in [1.165, 1.54) is 16.3 Å². The highest BCUT2D eigenvalue weighted by atomic mass is 19.2. The topological polar surface area (TPSA) is 73.2 Å². The Morgan fingerprint density at radius 2 is 1.88 bits per heavy atom. The van der Waals surface area contributed by atoms with Crippen molar-refractivity contribution in [2.75, 3.05) is 13.2 Å². The predicted octanol–water partition coefficient (Wildman–Crippen LogP) is 3.85. The van der Waals surface area contributed by atoms with Crippen molar-refractivity contribution >= 4 is 11.9 Å². The molecule has 2 aromatic carbocycles. The molecule has 1 aliphatic carbocycles. The maximum atomic E-state index is 13.7. The maximum absolute atomic E-state index is 13.7. The van der Waals surface area contributed by atoms with Gasteiger partial charge < -0.3 is 10.1 Å². The number of ether oxygens (including phenoxy) is 1. The van der Waals surface area contributed by atoms with Crippen LogP contribution >= 0.6 is 0 Å². The number of nitrogens with zero attached hydrogens (tertiary/aromatic N) is 2. The molecule has 1 heterocycles. The van der Waals surface area contributed by atoms with E-state index in [1.807, 2.05) is 31.2 Å². The molecule has 1 aliphatic rings. The van der Waals surface area contributed by atoms with Gasteiger partial charge in [-0.25, -0.2) is 18.3 Å². The summed E-state index contributed by atoms with van der Waals surface area (Å²) >= 11 is 0. The van der Waals surface area contributed by atoms with Gasteiger partial charge >= 0.3 is 5.97 Å². The summed E-state index contributed by atoms with van der Waals surface area (Å²) in [5, 5.41) is 7.07. The lowest BCUT2D eigenvalue weighted by Crippen LogP contribution is -2.28. The van der Waals surface area contributed by atoms with Gasteiger partial charge in [0.15, 0.2) is 17.3 Å². The summed E-state index contributed by atoms with van der Waals surface area (Å²) in [5.41, 5.74) is 4.37. The largest absolute Gasteiger partial charge is 0.459 e. The molecule has 1 N–H and O–H groups in total. The smallest absolute Gasteiger partial charge is 0.359 e.